The van der Waals surface area contributed by atoms with Crippen molar-refractivity contribution in [3.63, 3.8) is 0 Å². The molecule has 3 heterocycles. The van der Waals surface area contributed by atoms with Gasteiger partial charge in [0.25, 0.3) is 11.6 Å². The zero-order valence-corrected chi connectivity index (χ0v) is 18.3. The quantitative estimate of drug-likeness (QED) is 0.407. The average molecular weight is 451 g/mol. The lowest BCUT2D eigenvalue weighted by Crippen LogP contribution is -2.99. The number of hydrogen-bond donors (Lipinski definition) is 2. The van der Waals surface area contributed by atoms with Crippen LogP contribution in [0.1, 0.15) is 19.4 Å². The zero-order chi connectivity index (χ0) is 23.7. The summed E-state index contributed by atoms with van der Waals surface area (Å²) in [5.41, 5.74) is -0.253. The van der Waals surface area contributed by atoms with Gasteiger partial charge in [0.1, 0.15) is 29.3 Å². The lowest BCUT2D eigenvalue weighted by atomic mass is 9.76. The second-order valence-electron chi connectivity index (χ2n) is 8.99. The smallest absolute Gasteiger partial charge is 0.291 e. The second-order valence-corrected chi connectivity index (χ2v) is 8.99. The Morgan fingerprint density at radius 3 is 2.55 bits per heavy atom. The van der Waals surface area contributed by atoms with E-state index in [1.165, 1.54) is 25.3 Å². The minimum absolute atomic E-state index is 0.0128. The Balaban J connectivity index is 1.70. The Kier molecular flexibility index (Phi) is 4.54. The highest BCUT2D eigenvalue weighted by Crippen LogP contribution is 2.51. The van der Waals surface area contributed by atoms with E-state index in [-0.39, 0.29) is 35.0 Å². The average Bonchev–Trinajstić information content (AvgIpc) is 3.38. The molecule has 0 radical (unpaired) electrons. The van der Waals surface area contributed by atoms with E-state index in [1.54, 1.807) is 24.3 Å². The Bertz CT molecular complexity index is 1230. The number of anilines is 2. The van der Waals surface area contributed by atoms with Crippen LogP contribution in [0.2, 0.25) is 0 Å². The number of nitrogens with one attached hydrogen (secondary N) is 1. The summed E-state index contributed by atoms with van der Waals surface area (Å²) in [5, 5.41) is 16.1. The van der Waals surface area contributed by atoms with Crippen molar-refractivity contribution >= 4 is 34.8 Å². The monoisotopic (exact) mass is 451 g/mol. The fourth-order valence-corrected chi connectivity index (χ4v) is 5.66. The molecule has 33 heavy (non-hydrogen) atoms. The third-order valence-corrected chi connectivity index (χ3v) is 7.09. The molecule has 2 saturated heterocycles. The number of ether oxygens (including phenoxy) is 1. The molecular formula is C23H23N4O6+. The maximum Gasteiger partial charge on any atom is 0.291 e. The Hall–Kier alpha value is -3.79. The number of amides is 3. The fourth-order valence-electron chi connectivity index (χ4n) is 5.66. The highest BCUT2D eigenvalue weighted by molar-refractivity contribution is 6.25. The van der Waals surface area contributed by atoms with Crippen LogP contribution < -0.4 is 20.3 Å². The van der Waals surface area contributed by atoms with Crippen molar-refractivity contribution in [3.05, 3.63) is 58.1 Å². The van der Waals surface area contributed by atoms with Gasteiger partial charge in [-0.05, 0) is 12.1 Å². The minimum Gasteiger partial charge on any atom is -0.495 e. The summed E-state index contributed by atoms with van der Waals surface area (Å²) in [4.78, 5) is 52.8. The van der Waals surface area contributed by atoms with E-state index in [1.807, 2.05) is 19.2 Å². The van der Waals surface area contributed by atoms with Gasteiger partial charge in [0.15, 0.2) is 0 Å². The molecule has 0 aliphatic carbocycles. The van der Waals surface area contributed by atoms with Crippen LogP contribution in [0.25, 0.3) is 0 Å². The number of nitro groups is 1. The standard InChI is InChI=1S/C23H22N4O6/c1-11(2)19-17-18(23(25-19)13-6-4-5-7-14(13)24-22(23)30)21(29)26(20(17)28)15-10-12(27(31)32)8-9-16(15)33-3/h4-11,17-19,25H,1-3H3,(H,24,30)/p+1/t17-,18+,19+,23+/m1/s1. The van der Waals surface area contributed by atoms with Crippen molar-refractivity contribution in [2.75, 3.05) is 17.3 Å². The molecule has 10 heteroatoms. The summed E-state index contributed by atoms with van der Waals surface area (Å²) in [6.07, 6.45) is 0. The van der Waals surface area contributed by atoms with Crippen LogP contribution in [0.4, 0.5) is 17.1 Å². The number of nitrogens with two attached hydrogens (primary N) is 1. The minimum atomic E-state index is -1.29. The van der Waals surface area contributed by atoms with E-state index in [4.69, 9.17) is 4.74 Å². The van der Waals surface area contributed by atoms with Gasteiger partial charge < -0.3 is 15.4 Å². The van der Waals surface area contributed by atoms with Crippen molar-refractivity contribution in [2.24, 2.45) is 17.8 Å². The molecule has 3 aliphatic heterocycles. The Labute approximate surface area is 189 Å². The topological polar surface area (TPSA) is 135 Å². The fraction of sp³-hybridized carbons (Fsp3) is 0.348. The first-order valence-electron chi connectivity index (χ1n) is 10.7. The molecule has 3 N–H and O–H groups in total. The van der Waals surface area contributed by atoms with E-state index in [0.29, 0.717) is 11.3 Å². The van der Waals surface area contributed by atoms with Gasteiger partial charge in [-0.25, -0.2) is 4.90 Å². The molecule has 0 saturated carbocycles. The van der Waals surface area contributed by atoms with Gasteiger partial charge in [0, 0.05) is 23.6 Å². The molecule has 2 fully saturated rings. The molecule has 2 aromatic carbocycles. The number of fused-ring (bicyclic) bond motifs is 4. The lowest BCUT2D eigenvalue weighted by Gasteiger charge is -2.27. The van der Waals surface area contributed by atoms with Gasteiger partial charge in [0.2, 0.25) is 17.4 Å². The SMILES string of the molecule is COc1ccc([N+](=O)[O-])cc1N1C(=O)[C@@H]2[C@@H](C1=O)[C@]1([NH2+][C@H]2C(C)C)C(=O)Nc2ccccc21. The molecule has 0 aromatic heterocycles. The Morgan fingerprint density at radius 2 is 1.88 bits per heavy atom. The third-order valence-electron chi connectivity index (χ3n) is 7.09. The van der Waals surface area contributed by atoms with E-state index in [0.717, 1.165) is 4.90 Å². The van der Waals surface area contributed by atoms with Crippen LogP contribution in [0.5, 0.6) is 5.75 Å². The second kappa shape index (κ2) is 7.11. The van der Waals surface area contributed by atoms with Crippen LogP contribution in [0, 0.1) is 27.9 Å². The largest absolute Gasteiger partial charge is 0.495 e. The van der Waals surface area contributed by atoms with Gasteiger partial charge >= 0.3 is 0 Å². The highest BCUT2D eigenvalue weighted by atomic mass is 16.6. The molecule has 170 valence electrons. The molecular weight excluding hydrogens is 428 g/mol. The van der Waals surface area contributed by atoms with E-state index in [2.05, 4.69) is 5.32 Å². The predicted octanol–water partition coefficient (Wildman–Crippen LogP) is 1.16. The van der Waals surface area contributed by atoms with Crippen molar-refractivity contribution in [1.29, 1.82) is 0 Å². The number of rotatable bonds is 4. The molecule has 0 bridgehead atoms. The molecule has 10 nitrogen and oxygen atoms in total. The van der Waals surface area contributed by atoms with Gasteiger partial charge in [-0.15, -0.1) is 0 Å². The number of non-ortho nitro benzene ring substituents is 1. The molecule has 1 spiro atoms. The molecule has 3 amide bonds. The van der Waals surface area contributed by atoms with E-state index >= 15 is 0 Å². The molecule has 5 rings (SSSR count). The zero-order valence-electron chi connectivity index (χ0n) is 18.3. The summed E-state index contributed by atoms with van der Waals surface area (Å²) < 4.78 is 5.32. The number of quaternary nitrogens is 1. The van der Waals surface area contributed by atoms with Crippen molar-refractivity contribution in [1.82, 2.24) is 0 Å². The molecule has 2 aromatic rings. The van der Waals surface area contributed by atoms with Crippen LogP contribution in [-0.2, 0) is 19.9 Å². The molecule has 4 atom stereocenters. The first kappa shape index (κ1) is 21.1. The number of nitrogens with zero attached hydrogens (tertiary/aromatic N) is 2. The number of benzene rings is 2. The number of carbonyl (C=O) groups is 3. The van der Waals surface area contributed by atoms with Gasteiger partial charge in [-0.3, -0.25) is 24.5 Å². The summed E-state index contributed by atoms with van der Waals surface area (Å²) >= 11 is 0. The first-order valence-corrected chi connectivity index (χ1v) is 10.7. The maximum atomic E-state index is 13.9. The summed E-state index contributed by atoms with van der Waals surface area (Å²) in [6.45, 7) is 3.90. The number of carbonyl (C=O) groups excluding carboxylic acids is 3. The summed E-state index contributed by atoms with van der Waals surface area (Å²) in [5.74, 6) is -2.94. The highest BCUT2D eigenvalue weighted by Gasteiger charge is 2.74. The van der Waals surface area contributed by atoms with E-state index in [9.17, 15) is 24.5 Å². The maximum absolute atomic E-state index is 13.9. The first-order chi connectivity index (χ1) is 15.7. The van der Waals surface area contributed by atoms with Crippen molar-refractivity contribution < 1.29 is 29.4 Å². The number of hydrogen-bond acceptors (Lipinski definition) is 6. The molecule has 0 unspecified atom stereocenters. The summed E-state index contributed by atoms with van der Waals surface area (Å²) in [7, 11) is 1.36. The Morgan fingerprint density at radius 1 is 1.15 bits per heavy atom. The lowest BCUT2D eigenvalue weighted by molar-refractivity contribution is -0.738. The normalized spacial score (nSPS) is 27.8. The van der Waals surface area contributed by atoms with Crippen molar-refractivity contribution in [3.8, 4) is 5.75 Å². The van der Waals surface area contributed by atoms with Crippen molar-refractivity contribution in [2.45, 2.75) is 25.4 Å². The van der Waals surface area contributed by atoms with Gasteiger partial charge in [-0.2, -0.15) is 0 Å². The number of nitro benzene ring substituents is 1. The van der Waals surface area contributed by atoms with E-state index < -0.39 is 34.1 Å². The van der Waals surface area contributed by atoms with Crippen LogP contribution >= 0.6 is 0 Å². The van der Waals surface area contributed by atoms with Crippen LogP contribution in [0.3, 0.4) is 0 Å². The van der Waals surface area contributed by atoms with Crippen LogP contribution in [0.15, 0.2) is 42.5 Å². The van der Waals surface area contributed by atoms with Gasteiger partial charge in [-0.1, -0.05) is 32.0 Å². The molecule has 3 aliphatic rings. The van der Waals surface area contributed by atoms with Crippen LogP contribution in [-0.4, -0.2) is 35.8 Å². The predicted molar refractivity (Wildman–Crippen MR) is 116 cm³/mol. The number of imide groups is 1. The summed E-state index contributed by atoms with van der Waals surface area (Å²) in [6, 6.07) is 10.6. The number of para-hydroxylation sites is 1. The van der Waals surface area contributed by atoms with Gasteiger partial charge in [0.05, 0.1) is 17.7 Å². The third kappa shape index (κ3) is 2.67. The number of methoxy groups -OCH3 is 1.